The molecule has 0 radical (unpaired) electrons. The third-order valence-electron chi connectivity index (χ3n) is 5.16. The van der Waals surface area contributed by atoms with Crippen LogP contribution in [0.4, 0.5) is 13.2 Å². The van der Waals surface area contributed by atoms with Gasteiger partial charge in [-0.1, -0.05) is 18.2 Å². The van der Waals surface area contributed by atoms with E-state index in [-0.39, 0.29) is 28.3 Å². The number of hydrogen-bond donors (Lipinski definition) is 2. The van der Waals surface area contributed by atoms with Crippen LogP contribution in [-0.4, -0.2) is 32.0 Å². The van der Waals surface area contributed by atoms with Crippen molar-refractivity contribution < 1.29 is 31.1 Å². The first kappa shape index (κ1) is 23.6. The molecule has 1 aromatic carbocycles. The molecule has 32 heavy (non-hydrogen) atoms. The number of hydrogen-bond acceptors (Lipinski definition) is 4. The number of primary sulfonamides is 1. The summed E-state index contributed by atoms with van der Waals surface area (Å²) >= 11 is 0. The van der Waals surface area contributed by atoms with Gasteiger partial charge in [0, 0.05) is 17.8 Å². The van der Waals surface area contributed by atoms with E-state index in [0.29, 0.717) is 11.4 Å². The SMILES string of the molecule is COC1=C(S(N)(=O)=O)C=CC(NC(=O)c2cc(C)n(-c3ccccc3C(F)(F)F)c2C)C1. The molecule has 3 N–H and O–H groups in total. The third-order valence-corrected chi connectivity index (χ3v) is 6.13. The van der Waals surface area contributed by atoms with Crippen LogP contribution in [0.2, 0.25) is 0 Å². The van der Waals surface area contributed by atoms with Crippen LogP contribution < -0.4 is 10.5 Å². The number of sulfonamides is 1. The second-order valence-electron chi connectivity index (χ2n) is 7.31. The van der Waals surface area contributed by atoms with E-state index in [1.807, 2.05) is 0 Å². The predicted octanol–water partition coefficient (Wildman–Crippen LogP) is 3.32. The van der Waals surface area contributed by atoms with Crippen LogP contribution in [0.15, 0.2) is 53.1 Å². The molecule has 1 aromatic heterocycles. The number of alkyl halides is 3. The molecule has 0 saturated heterocycles. The van der Waals surface area contributed by atoms with E-state index in [0.717, 1.165) is 6.07 Å². The van der Waals surface area contributed by atoms with E-state index in [1.165, 1.54) is 48.1 Å². The van der Waals surface area contributed by atoms with Gasteiger partial charge in [0.1, 0.15) is 10.7 Å². The minimum Gasteiger partial charge on any atom is -0.500 e. The van der Waals surface area contributed by atoms with Crippen molar-refractivity contribution in [1.29, 1.82) is 0 Å². The number of aromatic nitrogens is 1. The van der Waals surface area contributed by atoms with E-state index in [4.69, 9.17) is 9.88 Å². The van der Waals surface area contributed by atoms with Gasteiger partial charge in [0.05, 0.1) is 30.0 Å². The zero-order chi connectivity index (χ0) is 23.8. The summed E-state index contributed by atoms with van der Waals surface area (Å²) < 4.78 is 70.2. The maximum absolute atomic E-state index is 13.5. The molecule has 1 aliphatic rings. The number of carbonyl (C=O) groups is 1. The average Bonchev–Trinajstić information content (AvgIpc) is 3.00. The van der Waals surface area contributed by atoms with E-state index >= 15 is 0 Å². The number of para-hydroxylation sites is 1. The fourth-order valence-electron chi connectivity index (χ4n) is 3.72. The number of halogens is 3. The van der Waals surface area contributed by atoms with Crippen molar-refractivity contribution in [2.45, 2.75) is 32.5 Å². The summed E-state index contributed by atoms with van der Waals surface area (Å²) in [6.45, 7) is 3.17. The third kappa shape index (κ3) is 4.58. The number of amides is 1. The molecule has 0 bridgehead atoms. The molecule has 0 spiro atoms. The molecule has 7 nitrogen and oxygen atoms in total. The zero-order valence-corrected chi connectivity index (χ0v) is 18.3. The lowest BCUT2D eigenvalue weighted by Crippen LogP contribution is -2.36. The molecule has 172 valence electrons. The number of rotatable bonds is 5. The number of carbonyl (C=O) groups excluding carboxylic acids is 1. The Bertz CT molecular complexity index is 1230. The maximum Gasteiger partial charge on any atom is 0.418 e. The summed E-state index contributed by atoms with van der Waals surface area (Å²) in [5.41, 5.74) is 0.109. The molecule has 11 heteroatoms. The standard InChI is InChI=1S/C21H22F3N3O4S/c1-12-10-15(13(2)27(12)17-7-5-4-6-16(17)21(22,23)24)20(28)26-14-8-9-19(32(25,29)30)18(11-14)31-3/h4-10,14H,11H2,1-3H3,(H,26,28)(H2,25,29,30). The van der Waals surface area contributed by atoms with E-state index in [1.54, 1.807) is 13.8 Å². The highest BCUT2D eigenvalue weighted by Crippen LogP contribution is 2.35. The van der Waals surface area contributed by atoms with Crippen molar-refractivity contribution in [2.24, 2.45) is 5.14 Å². The Labute approximate surface area is 183 Å². The van der Waals surface area contributed by atoms with Gasteiger partial charge in [-0.3, -0.25) is 4.79 Å². The molecular weight excluding hydrogens is 447 g/mol. The van der Waals surface area contributed by atoms with Crippen LogP contribution in [0.3, 0.4) is 0 Å². The summed E-state index contributed by atoms with van der Waals surface area (Å²) in [6, 6.07) is 6.06. The maximum atomic E-state index is 13.5. The Balaban J connectivity index is 1.91. The van der Waals surface area contributed by atoms with Crippen molar-refractivity contribution in [3.8, 4) is 5.69 Å². The second-order valence-corrected chi connectivity index (χ2v) is 8.84. The summed E-state index contributed by atoms with van der Waals surface area (Å²) in [4.78, 5) is 12.7. The molecular formula is C21H22F3N3O4S. The quantitative estimate of drug-likeness (QED) is 0.701. The molecule has 2 aromatic rings. The van der Waals surface area contributed by atoms with Gasteiger partial charge in [-0.25, -0.2) is 13.6 Å². The van der Waals surface area contributed by atoms with Crippen molar-refractivity contribution in [2.75, 3.05) is 7.11 Å². The van der Waals surface area contributed by atoms with Crippen LogP contribution in [0, 0.1) is 13.8 Å². The molecule has 0 fully saturated rings. The number of allylic oxidation sites excluding steroid dienone is 1. The van der Waals surface area contributed by atoms with E-state index in [2.05, 4.69) is 5.32 Å². The molecule has 3 rings (SSSR count). The fraction of sp³-hybridized carbons (Fsp3) is 0.286. The Kier molecular flexibility index (Phi) is 6.25. The predicted molar refractivity (Wildman–Crippen MR) is 112 cm³/mol. The van der Waals surface area contributed by atoms with Gasteiger partial charge in [0.25, 0.3) is 5.91 Å². The lowest BCUT2D eigenvalue weighted by Gasteiger charge is -2.22. The second kappa shape index (κ2) is 8.47. The molecule has 0 saturated carbocycles. The number of aryl methyl sites for hydroxylation is 1. The monoisotopic (exact) mass is 469 g/mol. The van der Waals surface area contributed by atoms with Crippen molar-refractivity contribution >= 4 is 15.9 Å². The van der Waals surface area contributed by atoms with Gasteiger partial charge in [-0.05, 0) is 38.1 Å². The number of ether oxygens (including phenoxy) is 1. The number of nitrogens with two attached hydrogens (primary N) is 1. The van der Waals surface area contributed by atoms with Gasteiger partial charge in [0.2, 0.25) is 10.0 Å². The molecule has 1 atom stereocenters. The number of nitrogens with one attached hydrogen (secondary N) is 1. The number of benzene rings is 1. The molecule has 1 amide bonds. The minimum atomic E-state index is -4.56. The average molecular weight is 469 g/mol. The first-order chi connectivity index (χ1) is 14.8. The minimum absolute atomic E-state index is 0.0557. The van der Waals surface area contributed by atoms with Crippen molar-refractivity contribution in [1.82, 2.24) is 9.88 Å². The molecule has 0 aliphatic heterocycles. The highest BCUT2D eigenvalue weighted by atomic mass is 32.2. The lowest BCUT2D eigenvalue weighted by atomic mass is 10.1. The largest absolute Gasteiger partial charge is 0.500 e. The van der Waals surface area contributed by atoms with Gasteiger partial charge in [-0.2, -0.15) is 13.2 Å². The topological polar surface area (TPSA) is 103 Å². The molecule has 1 unspecified atom stereocenters. The van der Waals surface area contributed by atoms with Crippen molar-refractivity contribution in [3.63, 3.8) is 0 Å². The first-order valence-electron chi connectivity index (χ1n) is 9.49. The van der Waals surface area contributed by atoms with Gasteiger partial charge in [0.15, 0.2) is 0 Å². The smallest absolute Gasteiger partial charge is 0.418 e. The van der Waals surface area contributed by atoms with Gasteiger partial charge >= 0.3 is 6.18 Å². The molecule has 1 heterocycles. The summed E-state index contributed by atoms with van der Waals surface area (Å²) in [7, 11) is -2.69. The molecule has 1 aliphatic carbocycles. The van der Waals surface area contributed by atoms with Crippen molar-refractivity contribution in [3.05, 3.63) is 75.7 Å². The Morgan fingerprint density at radius 2 is 1.91 bits per heavy atom. The van der Waals surface area contributed by atoms with Crippen LogP contribution in [-0.2, 0) is 20.9 Å². The van der Waals surface area contributed by atoms with Crippen LogP contribution in [0.25, 0.3) is 5.69 Å². The Morgan fingerprint density at radius 1 is 1.25 bits per heavy atom. The van der Waals surface area contributed by atoms with Crippen LogP contribution in [0.5, 0.6) is 0 Å². The van der Waals surface area contributed by atoms with E-state index < -0.39 is 33.7 Å². The normalized spacial score (nSPS) is 16.9. The first-order valence-corrected chi connectivity index (χ1v) is 11.0. The Morgan fingerprint density at radius 3 is 2.50 bits per heavy atom. The number of methoxy groups -OCH3 is 1. The highest BCUT2D eigenvalue weighted by Gasteiger charge is 2.34. The highest BCUT2D eigenvalue weighted by molar-refractivity contribution is 7.93. The summed E-state index contributed by atoms with van der Waals surface area (Å²) in [5, 5.41) is 7.90. The Hall–Kier alpha value is -3.05. The van der Waals surface area contributed by atoms with Crippen LogP contribution >= 0.6 is 0 Å². The number of nitrogens with zero attached hydrogens (tertiary/aromatic N) is 1. The van der Waals surface area contributed by atoms with E-state index in [9.17, 15) is 26.4 Å². The summed E-state index contributed by atoms with van der Waals surface area (Å²) in [5.74, 6) is -0.414. The fourth-order valence-corrected chi connectivity index (χ4v) is 4.47. The van der Waals surface area contributed by atoms with Gasteiger partial charge < -0.3 is 14.6 Å². The van der Waals surface area contributed by atoms with Crippen LogP contribution in [0.1, 0.15) is 33.7 Å². The zero-order valence-electron chi connectivity index (χ0n) is 17.5. The van der Waals surface area contributed by atoms with Gasteiger partial charge in [-0.15, -0.1) is 0 Å². The lowest BCUT2D eigenvalue weighted by molar-refractivity contribution is -0.137. The summed E-state index contributed by atoms with van der Waals surface area (Å²) in [6.07, 6.45) is -1.77.